The smallest absolute Gasteiger partial charge is 0.500 e. The summed E-state index contributed by atoms with van der Waals surface area (Å²) in [7, 11) is 0. The zero-order chi connectivity index (χ0) is 55.8. The van der Waals surface area contributed by atoms with Crippen molar-refractivity contribution in [3.63, 3.8) is 0 Å². The van der Waals surface area contributed by atoms with Crippen molar-refractivity contribution in [1.82, 2.24) is 15.0 Å². The quantitative estimate of drug-likeness (QED) is 0.101. The molecule has 6 heteroatoms. The van der Waals surface area contributed by atoms with Gasteiger partial charge in [0.05, 0.1) is 17.2 Å². The van der Waals surface area contributed by atoms with Crippen LogP contribution in [-0.2, 0) is 58.3 Å². The summed E-state index contributed by atoms with van der Waals surface area (Å²) in [5.74, 6) is -0.703. The van der Waals surface area contributed by atoms with Crippen LogP contribution >= 0.6 is 0 Å². The van der Waals surface area contributed by atoms with E-state index in [2.05, 4.69) is 39.2 Å². The van der Waals surface area contributed by atoms with Gasteiger partial charge < -0.3 is 19.4 Å². The van der Waals surface area contributed by atoms with Crippen LogP contribution in [0, 0.1) is 43.4 Å². The predicted octanol–water partition coefficient (Wildman–Crippen LogP) is 14.3. The number of hydrogen-bond acceptors (Lipinski definition) is 5. The Balaban J connectivity index is 0.00000803. The van der Waals surface area contributed by atoms with E-state index in [0.717, 1.165) is 29.0 Å². The minimum absolute atomic E-state index is 0. The van der Waals surface area contributed by atoms with Crippen LogP contribution in [-0.4, -0.2) is 15.0 Å². The molecule has 0 saturated carbocycles. The Morgan fingerprint density at radius 3 is 1.59 bits per heavy atom. The van der Waals surface area contributed by atoms with Crippen molar-refractivity contribution in [3.8, 4) is 39.8 Å². The van der Waals surface area contributed by atoms with Crippen LogP contribution < -0.4 is 0 Å². The molecule has 0 saturated heterocycles. The second kappa shape index (κ2) is 20.3. The number of pyridine rings is 3. The number of rotatable bonds is 14. The van der Waals surface area contributed by atoms with E-state index >= 15 is 0 Å². The Kier molecular flexibility index (Phi) is 10.2. The average Bonchev–Trinajstić information content (AvgIpc) is 3.82. The number of benzene rings is 5. The zero-order valence-electron chi connectivity index (χ0n) is 49.3. The third-order valence-electron chi connectivity index (χ3n) is 11.4. The number of aromatic nitrogens is 3. The molecule has 328 valence electrons. The van der Waals surface area contributed by atoms with E-state index in [1.54, 1.807) is 86.6 Å². The molecule has 0 atom stereocenters. The minimum Gasteiger partial charge on any atom is -0.500 e. The van der Waals surface area contributed by atoms with Crippen LogP contribution in [0.2, 0.25) is 0 Å². The van der Waals surface area contributed by atoms with Gasteiger partial charge in [-0.05, 0) is 132 Å². The largest absolute Gasteiger partial charge is 3.00 e. The summed E-state index contributed by atoms with van der Waals surface area (Å²) in [4.78, 5) is 13.7. The number of fused-ring (bicyclic) bond motifs is 3. The molecule has 5 aromatic carbocycles. The van der Waals surface area contributed by atoms with Gasteiger partial charge in [-0.25, -0.2) is 0 Å². The van der Waals surface area contributed by atoms with Gasteiger partial charge in [0.15, 0.2) is 0 Å². The maximum absolute atomic E-state index is 9.74. The normalized spacial score (nSPS) is 15.4. The second-order valence-corrected chi connectivity index (χ2v) is 16.5. The van der Waals surface area contributed by atoms with E-state index in [4.69, 9.17) is 4.42 Å². The number of nitrogens with zero attached hydrogens (tertiary/aromatic N) is 4. The SMILES string of the molecule is [2H]C([2H])(c1cc(C([2H])([2H])C([2H])([2H])c2cnc(-c3[c-]cccc3)cc2C(C)C)cc(C([2H])([2H])C([2H])([2H])c2cnc(-c3[c-]cccc3)cc2C(C)C)c1)C([2H])([2H])c1cnc(-c2[c-]ccc3c2oc2c(C)c(C#N)ccc23)cc1C.[Ir+3]. The minimum atomic E-state index is -3.16. The molecule has 0 amide bonds. The second-order valence-electron chi connectivity index (χ2n) is 16.5. The first-order valence-corrected chi connectivity index (χ1v) is 21.5. The molecule has 4 heterocycles. The third-order valence-corrected chi connectivity index (χ3v) is 11.4. The molecular weight excluding hydrogens is 985 g/mol. The van der Waals surface area contributed by atoms with Gasteiger partial charge in [-0.1, -0.05) is 86.7 Å². The van der Waals surface area contributed by atoms with Crippen molar-refractivity contribution in [3.05, 3.63) is 207 Å². The van der Waals surface area contributed by atoms with Gasteiger partial charge >= 0.3 is 20.1 Å². The Labute approximate surface area is 420 Å². The summed E-state index contributed by atoms with van der Waals surface area (Å²) >= 11 is 0. The third kappa shape index (κ3) is 9.85. The number of furan rings is 1. The van der Waals surface area contributed by atoms with Gasteiger partial charge in [-0.15, -0.1) is 90.0 Å². The fourth-order valence-electron chi connectivity index (χ4n) is 7.84. The van der Waals surface area contributed by atoms with Gasteiger partial charge in [0.2, 0.25) is 0 Å². The van der Waals surface area contributed by atoms with Crippen molar-refractivity contribution in [2.75, 3.05) is 0 Å². The molecule has 0 aliphatic heterocycles. The van der Waals surface area contributed by atoms with Crippen molar-refractivity contribution in [2.24, 2.45) is 0 Å². The molecule has 0 spiro atoms. The summed E-state index contributed by atoms with van der Waals surface area (Å²) in [6.07, 6.45) is -14.6. The van der Waals surface area contributed by atoms with Crippen LogP contribution in [0.15, 0.2) is 132 Å². The molecule has 0 N–H and O–H groups in total. The van der Waals surface area contributed by atoms with Gasteiger partial charge in [-0.2, -0.15) is 5.26 Å². The number of nitriles is 1. The zero-order valence-corrected chi connectivity index (χ0v) is 39.7. The molecule has 5 nitrogen and oxygen atoms in total. The molecule has 0 unspecified atom stereocenters. The van der Waals surface area contributed by atoms with Crippen LogP contribution in [0.5, 0.6) is 0 Å². The molecule has 0 radical (unpaired) electrons. The predicted molar refractivity (Wildman–Crippen MR) is 264 cm³/mol. The number of hydrogen-bond donors (Lipinski definition) is 0. The molecule has 66 heavy (non-hydrogen) atoms. The van der Waals surface area contributed by atoms with Crippen molar-refractivity contribution in [2.45, 2.75) is 91.6 Å². The van der Waals surface area contributed by atoms with E-state index in [9.17, 15) is 21.7 Å². The van der Waals surface area contributed by atoms with E-state index in [1.807, 2.05) is 45.9 Å². The fourth-order valence-corrected chi connectivity index (χ4v) is 7.84. The van der Waals surface area contributed by atoms with Gasteiger partial charge in [0.25, 0.3) is 0 Å². The van der Waals surface area contributed by atoms with Crippen LogP contribution in [0.4, 0.5) is 0 Å². The number of aryl methyl sites for hydroxylation is 8. The van der Waals surface area contributed by atoms with Crippen LogP contribution in [0.25, 0.3) is 55.7 Å². The standard InChI is InChI=1S/C60H53N4O.Ir/c1-38(2)54-32-56(45-14-9-7-10-15-45)62-36-49(54)24-21-43-29-42(30-44(31-43)22-25-50-37-63-57(33-55(50)39(3)4)46-16-11-8-12-17-46)20-23-48-35-64-58(28-40(48)5)53-19-13-18-51-52-27-26-47(34-61)41(6)59(52)65-60(51)53;/h7-14,16,18,26-33,35-39H,20-25H2,1-6H3;/q-3;+3/i20D2,21D2,22D2,23D2,24D2,25D2;. The van der Waals surface area contributed by atoms with Gasteiger partial charge in [-0.3, -0.25) is 0 Å². The van der Waals surface area contributed by atoms with E-state index in [-0.39, 0.29) is 54.2 Å². The van der Waals surface area contributed by atoms with E-state index < -0.39 is 54.9 Å². The Morgan fingerprint density at radius 2 is 1.09 bits per heavy atom. The van der Waals surface area contributed by atoms with Crippen molar-refractivity contribution < 1.29 is 41.0 Å². The molecule has 4 aromatic heterocycles. The summed E-state index contributed by atoms with van der Waals surface area (Å²) in [6, 6.07) is 40.8. The molecular formula is C60H53IrN4O. The van der Waals surface area contributed by atoms with E-state index in [0.29, 0.717) is 67.2 Å². The molecule has 0 aliphatic rings. The Hall–Kier alpha value is -6.51. The molecule has 0 aliphatic carbocycles. The summed E-state index contributed by atoms with van der Waals surface area (Å²) in [6.45, 7) is 10.7. The fraction of sp³-hybridized carbons (Fsp3) is 0.233. The molecule has 9 aromatic rings. The molecule has 0 bridgehead atoms. The van der Waals surface area contributed by atoms with Gasteiger partial charge in [0.1, 0.15) is 5.58 Å². The first-order chi connectivity index (χ1) is 36.2. The first-order valence-electron chi connectivity index (χ1n) is 27.5. The maximum atomic E-state index is 9.74. The summed E-state index contributed by atoms with van der Waals surface area (Å²) in [5.41, 5.74) is 3.97. The molecule has 0 fully saturated rings. The van der Waals surface area contributed by atoms with Crippen LogP contribution in [0.1, 0.15) is 117 Å². The summed E-state index contributed by atoms with van der Waals surface area (Å²) in [5, 5.41) is 11.2. The Bertz CT molecular complexity index is 3640. The topological polar surface area (TPSA) is 75.6 Å². The van der Waals surface area contributed by atoms with Gasteiger partial charge in [0, 0.05) is 46.0 Å². The molecule has 9 rings (SSSR count). The average molecular weight is 1050 g/mol. The summed E-state index contributed by atoms with van der Waals surface area (Å²) < 4.78 is 123. The monoisotopic (exact) mass is 1050 g/mol. The van der Waals surface area contributed by atoms with Crippen molar-refractivity contribution in [1.29, 1.82) is 5.26 Å². The van der Waals surface area contributed by atoms with E-state index in [1.165, 1.54) is 18.6 Å². The maximum Gasteiger partial charge on any atom is 3.00 e. The van der Waals surface area contributed by atoms with Crippen molar-refractivity contribution >= 4 is 21.9 Å². The van der Waals surface area contributed by atoms with Crippen LogP contribution in [0.3, 0.4) is 0 Å². The first kappa shape index (κ1) is 33.0. The Morgan fingerprint density at radius 1 is 0.576 bits per heavy atom.